The van der Waals surface area contributed by atoms with Crippen molar-refractivity contribution in [1.82, 2.24) is 20.6 Å². The first-order valence-electron chi connectivity index (χ1n) is 9.91. The zero-order valence-electron chi connectivity index (χ0n) is 16.8. The molecule has 0 bridgehead atoms. The first-order chi connectivity index (χ1) is 15.8. The normalized spacial score (nSPS) is 22.5. The van der Waals surface area contributed by atoms with Gasteiger partial charge in [-0.25, -0.2) is 0 Å². The van der Waals surface area contributed by atoms with E-state index in [2.05, 4.69) is 26.7 Å². The molecule has 0 saturated heterocycles. The van der Waals surface area contributed by atoms with Crippen LogP contribution < -0.4 is 0 Å². The molecule has 7 nitrogen and oxygen atoms in total. The predicted octanol–water partition coefficient (Wildman–Crippen LogP) is 5.83. The highest BCUT2D eigenvalue weighted by Crippen LogP contribution is 2.47. The molecular formula is C22H15Cl4N5O2. The van der Waals surface area contributed by atoms with Crippen LogP contribution in [0.25, 0.3) is 0 Å². The highest BCUT2D eigenvalue weighted by atomic mass is 35.5. The number of aromatic nitrogens is 4. The van der Waals surface area contributed by atoms with Crippen LogP contribution in [0.2, 0.25) is 20.1 Å². The molecule has 2 aliphatic carbocycles. The Kier molecular flexibility index (Phi) is 7.01. The number of nitriles is 1. The average molecular weight is 523 g/mol. The van der Waals surface area contributed by atoms with E-state index in [0.717, 1.165) is 6.42 Å². The van der Waals surface area contributed by atoms with Gasteiger partial charge in [0.25, 0.3) is 0 Å². The molecule has 4 atom stereocenters. The molecule has 0 spiro atoms. The monoisotopic (exact) mass is 521 g/mol. The zero-order valence-corrected chi connectivity index (χ0v) is 19.8. The van der Waals surface area contributed by atoms with E-state index in [1.807, 2.05) is 0 Å². The lowest BCUT2D eigenvalue weighted by atomic mass is 10.1. The van der Waals surface area contributed by atoms with Crippen molar-refractivity contribution in [2.45, 2.75) is 18.8 Å². The van der Waals surface area contributed by atoms with Crippen LogP contribution >= 0.6 is 46.4 Å². The molecule has 2 aromatic carbocycles. The van der Waals surface area contributed by atoms with E-state index >= 15 is 0 Å². The minimum Gasteiger partial charge on any atom is -0.294 e. The second-order valence-electron chi connectivity index (χ2n) is 7.78. The van der Waals surface area contributed by atoms with E-state index in [0.29, 0.717) is 43.5 Å². The molecule has 0 amide bonds. The molecule has 0 radical (unpaired) electrons. The van der Waals surface area contributed by atoms with E-state index in [-0.39, 0.29) is 35.2 Å². The summed E-state index contributed by atoms with van der Waals surface area (Å²) >= 11 is 23.3. The van der Waals surface area contributed by atoms with Crippen molar-refractivity contribution in [3.8, 4) is 6.07 Å². The van der Waals surface area contributed by atoms with Gasteiger partial charge < -0.3 is 0 Å². The fraction of sp³-hybridized carbons (Fsp3) is 0.273. The summed E-state index contributed by atoms with van der Waals surface area (Å²) in [4.78, 5) is 24.0. The van der Waals surface area contributed by atoms with Crippen LogP contribution in [0.5, 0.6) is 0 Å². The lowest BCUT2D eigenvalue weighted by Gasteiger charge is -2.01. The Morgan fingerprint density at radius 2 is 1.45 bits per heavy atom. The first-order valence-corrected chi connectivity index (χ1v) is 11.4. The molecule has 168 valence electrons. The molecule has 0 aliphatic heterocycles. The van der Waals surface area contributed by atoms with E-state index in [1.165, 1.54) is 0 Å². The number of Topliss-reactive ketones (excluding diaryl/α,β-unsaturated/α-hetero) is 2. The van der Waals surface area contributed by atoms with Gasteiger partial charge in [-0.3, -0.25) is 9.59 Å². The molecule has 2 aliphatic rings. The van der Waals surface area contributed by atoms with Gasteiger partial charge in [-0.15, -0.1) is 10.2 Å². The third-order valence-electron chi connectivity index (χ3n) is 5.52. The number of hydrogen-bond donors (Lipinski definition) is 1. The van der Waals surface area contributed by atoms with E-state index < -0.39 is 0 Å². The van der Waals surface area contributed by atoms with Crippen LogP contribution in [0.15, 0.2) is 36.4 Å². The van der Waals surface area contributed by atoms with E-state index in [1.54, 1.807) is 36.4 Å². The van der Waals surface area contributed by atoms with Crippen molar-refractivity contribution in [3.05, 3.63) is 73.4 Å². The van der Waals surface area contributed by atoms with Crippen LogP contribution in [-0.4, -0.2) is 32.2 Å². The number of nitrogens with one attached hydrogen (secondary N) is 1. The Bertz CT molecular complexity index is 1260. The van der Waals surface area contributed by atoms with Gasteiger partial charge in [0.15, 0.2) is 17.4 Å². The van der Waals surface area contributed by atoms with Crippen molar-refractivity contribution >= 4 is 58.0 Å². The molecule has 0 unspecified atom stereocenters. The van der Waals surface area contributed by atoms with Gasteiger partial charge in [-0.05, 0) is 49.2 Å². The molecule has 2 fully saturated rings. The molecule has 5 rings (SSSR count). The molecule has 1 heterocycles. The number of tetrazole rings is 1. The Morgan fingerprint density at radius 1 is 0.879 bits per heavy atom. The summed E-state index contributed by atoms with van der Waals surface area (Å²) in [5.41, 5.74) is 1.10. The molecule has 11 heteroatoms. The third-order valence-corrected chi connectivity index (χ3v) is 7.00. The van der Waals surface area contributed by atoms with Crippen molar-refractivity contribution in [1.29, 1.82) is 5.26 Å². The summed E-state index contributed by atoms with van der Waals surface area (Å²) < 4.78 is 0. The second kappa shape index (κ2) is 9.78. The number of carbonyl (C=O) groups is 2. The molecule has 1 aromatic heterocycles. The summed E-state index contributed by atoms with van der Waals surface area (Å²) in [6.07, 6.45) is 1.41. The Labute approximate surface area is 209 Å². The maximum atomic E-state index is 12.2. The van der Waals surface area contributed by atoms with Gasteiger partial charge in [0.2, 0.25) is 0 Å². The highest BCUT2D eigenvalue weighted by Gasteiger charge is 2.47. The number of halogens is 4. The maximum absolute atomic E-state index is 12.2. The predicted molar refractivity (Wildman–Crippen MR) is 124 cm³/mol. The number of carbonyl (C=O) groups excluding carboxylic acids is 2. The number of hydrogen-bond acceptors (Lipinski definition) is 6. The molecule has 33 heavy (non-hydrogen) atoms. The standard InChI is InChI=1S/C11H8Cl2N4O.C11H7Cl2NO/c12-8-2-1-5(3-9(8)13)10(18)6-4-7(6)11-14-16-17-15-11;12-9-2-1-6(4-10(9)13)11(15)8-3-7(8)5-14/h1-3,6-7H,4H2,(H,14,15,16,17);1-2,4,7-8H,3H2/t6-,7-;7-,8+/m01/s1. The van der Waals surface area contributed by atoms with Crippen LogP contribution in [-0.2, 0) is 0 Å². The van der Waals surface area contributed by atoms with Crippen molar-refractivity contribution < 1.29 is 9.59 Å². The first kappa shape index (κ1) is 23.7. The molecular weight excluding hydrogens is 508 g/mol. The largest absolute Gasteiger partial charge is 0.294 e. The van der Waals surface area contributed by atoms with Gasteiger partial charge in [0.05, 0.1) is 32.1 Å². The maximum Gasteiger partial charge on any atom is 0.178 e. The Hall–Kier alpha value is -2.50. The number of aromatic amines is 1. The van der Waals surface area contributed by atoms with Crippen molar-refractivity contribution in [2.75, 3.05) is 0 Å². The fourth-order valence-corrected chi connectivity index (χ4v) is 4.05. The number of benzene rings is 2. The Balaban J connectivity index is 0.000000160. The Morgan fingerprint density at radius 3 is 1.91 bits per heavy atom. The molecule has 3 aromatic rings. The van der Waals surface area contributed by atoms with E-state index in [9.17, 15) is 9.59 Å². The number of nitrogens with zero attached hydrogens (tertiary/aromatic N) is 4. The second-order valence-corrected chi connectivity index (χ2v) is 9.41. The number of ketones is 2. The van der Waals surface area contributed by atoms with Gasteiger partial charge in [-0.2, -0.15) is 10.5 Å². The summed E-state index contributed by atoms with van der Waals surface area (Å²) in [5.74, 6) is 0.335. The van der Waals surface area contributed by atoms with Crippen LogP contribution in [0.3, 0.4) is 0 Å². The quantitative estimate of drug-likeness (QED) is 0.422. The highest BCUT2D eigenvalue weighted by molar-refractivity contribution is 6.42. The van der Waals surface area contributed by atoms with Crippen LogP contribution in [0.4, 0.5) is 0 Å². The lowest BCUT2D eigenvalue weighted by Crippen LogP contribution is -2.03. The zero-order chi connectivity index (χ0) is 23.7. The SMILES string of the molecule is N#C[C@H]1C[C@@H]1C(=O)c1ccc(Cl)c(Cl)c1.O=C(c1ccc(Cl)c(Cl)c1)[C@H]1C[C@@H]1c1nn[nH]n1. The summed E-state index contributed by atoms with van der Waals surface area (Å²) in [5, 5.41) is 23.9. The van der Waals surface area contributed by atoms with Gasteiger partial charge in [0.1, 0.15) is 0 Å². The summed E-state index contributed by atoms with van der Waals surface area (Å²) in [6.45, 7) is 0. The van der Waals surface area contributed by atoms with Crippen LogP contribution in [0.1, 0.15) is 45.3 Å². The average Bonchev–Trinajstić information content (AvgIpc) is 3.73. The van der Waals surface area contributed by atoms with Gasteiger partial charge in [-0.1, -0.05) is 51.6 Å². The molecule has 1 N–H and O–H groups in total. The lowest BCUT2D eigenvalue weighted by molar-refractivity contribution is 0.0956. The van der Waals surface area contributed by atoms with Gasteiger partial charge in [0, 0.05) is 28.9 Å². The minimum atomic E-state index is -0.146. The minimum absolute atomic E-state index is 0.0138. The van der Waals surface area contributed by atoms with Crippen LogP contribution in [0, 0.1) is 29.1 Å². The van der Waals surface area contributed by atoms with Gasteiger partial charge >= 0.3 is 0 Å². The summed E-state index contributed by atoms with van der Waals surface area (Å²) in [6, 6.07) is 11.8. The topological polar surface area (TPSA) is 112 Å². The summed E-state index contributed by atoms with van der Waals surface area (Å²) in [7, 11) is 0. The van der Waals surface area contributed by atoms with Crippen molar-refractivity contribution in [2.24, 2.45) is 17.8 Å². The third kappa shape index (κ3) is 5.36. The smallest absolute Gasteiger partial charge is 0.178 e. The fourth-order valence-electron chi connectivity index (χ4n) is 3.45. The number of rotatable bonds is 5. The molecule has 2 saturated carbocycles. The van der Waals surface area contributed by atoms with E-state index in [4.69, 9.17) is 51.7 Å². The number of H-pyrrole nitrogens is 1. The van der Waals surface area contributed by atoms with Crippen molar-refractivity contribution in [3.63, 3.8) is 0 Å².